The quantitative estimate of drug-likeness (QED) is 0.859. The maximum atomic E-state index is 12.4. The summed E-state index contributed by atoms with van der Waals surface area (Å²) in [5, 5.41) is 4.53. The third-order valence-electron chi connectivity index (χ3n) is 4.11. The minimum absolute atomic E-state index is 0.0761. The van der Waals surface area contributed by atoms with Crippen molar-refractivity contribution < 1.29 is 27.5 Å². The first-order chi connectivity index (χ1) is 12.8. The van der Waals surface area contributed by atoms with Crippen LogP contribution in [-0.2, 0) is 11.2 Å². The summed E-state index contributed by atoms with van der Waals surface area (Å²) in [4.78, 5) is 24.1. The monoisotopic (exact) mass is 378 g/mol. The summed E-state index contributed by atoms with van der Waals surface area (Å²) in [5.41, 5.74) is 1.49. The molecule has 1 aliphatic heterocycles. The lowest BCUT2D eigenvalue weighted by Crippen LogP contribution is -2.33. The minimum atomic E-state index is -4.47. The molecule has 8 heteroatoms. The van der Waals surface area contributed by atoms with Gasteiger partial charge in [0.05, 0.1) is 5.92 Å². The van der Waals surface area contributed by atoms with Crippen molar-refractivity contribution in [2.45, 2.75) is 12.6 Å². The summed E-state index contributed by atoms with van der Waals surface area (Å²) in [6, 6.07) is 13.2. The first-order valence-electron chi connectivity index (χ1n) is 8.28. The van der Waals surface area contributed by atoms with Gasteiger partial charge in [-0.1, -0.05) is 18.2 Å². The molecule has 0 saturated heterocycles. The Hall–Kier alpha value is -3.03. The zero-order valence-electron chi connectivity index (χ0n) is 14.2. The van der Waals surface area contributed by atoms with Crippen molar-refractivity contribution in [2.75, 3.05) is 18.5 Å². The van der Waals surface area contributed by atoms with E-state index in [4.69, 9.17) is 4.74 Å². The second-order valence-corrected chi connectivity index (χ2v) is 6.18. The van der Waals surface area contributed by atoms with Gasteiger partial charge in [-0.25, -0.2) is 0 Å². The molecular weight excluding hydrogens is 361 g/mol. The molecule has 2 aromatic rings. The molecule has 0 radical (unpaired) electrons. The van der Waals surface area contributed by atoms with E-state index in [1.807, 2.05) is 24.3 Å². The second-order valence-electron chi connectivity index (χ2n) is 6.18. The fourth-order valence-corrected chi connectivity index (χ4v) is 2.73. The number of hydrogen-bond donors (Lipinski definition) is 2. The molecule has 2 aromatic carbocycles. The van der Waals surface area contributed by atoms with Crippen LogP contribution in [0, 0.1) is 5.92 Å². The lowest BCUT2D eigenvalue weighted by molar-refractivity contribution is -0.123. The number of carbonyl (C=O) groups excluding carboxylic acids is 2. The van der Waals surface area contributed by atoms with Gasteiger partial charge in [-0.3, -0.25) is 9.59 Å². The third kappa shape index (κ3) is 4.99. The van der Waals surface area contributed by atoms with Gasteiger partial charge < -0.3 is 15.4 Å². The van der Waals surface area contributed by atoms with Gasteiger partial charge in [0.2, 0.25) is 5.91 Å². The molecule has 0 aliphatic carbocycles. The smallest absolute Gasteiger partial charge is 0.405 e. The van der Waals surface area contributed by atoms with Crippen LogP contribution in [0.25, 0.3) is 0 Å². The van der Waals surface area contributed by atoms with Gasteiger partial charge in [-0.15, -0.1) is 0 Å². The van der Waals surface area contributed by atoms with E-state index in [1.165, 1.54) is 24.3 Å². The van der Waals surface area contributed by atoms with Crippen molar-refractivity contribution in [1.29, 1.82) is 0 Å². The Kier molecular flexibility index (Phi) is 5.34. The van der Waals surface area contributed by atoms with Crippen molar-refractivity contribution in [3.63, 3.8) is 0 Å². The maximum absolute atomic E-state index is 12.4. The second kappa shape index (κ2) is 7.69. The molecule has 1 unspecified atom stereocenters. The highest BCUT2D eigenvalue weighted by molar-refractivity contribution is 5.96. The molecule has 5 nitrogen and oxygen atoms in total. The Balaban J connectivity index is 1.57. The van der Waals surface area contributed by atoms with Gasteiger partial charge in [0.15, 0.2) is 0 Å². The summed E-state index contributed by atoms with van der Waals surface area (Å²) < 4.78 is 42.0. The number of amides is 2. The zero-order chi connectivity index (χ0) is 19.4. The van der Waals surface area contributed by atoms with Crippen LogP contribution in [-0.4, -0.2) is 31.1 Å². The SMILES string of the molecule is O=C(NCC(F)(F)F)c1ccc(NC(=O)C2COc3ccccc3C2)cc1. The predicted octanol–water partition coefficient (Wildman–Crippen LogP) is 3.17. The van der Waals surface area contributed by atoms with E-state index in [-0.39, 0.29) is 24.0 Å². The predicted molar refractivity (Wildman–Crippen MR) is 92.6 cm³/mol. The van der Waals surface area contributed by atoms with Gasteiger partial charge >= 0.3 is 6.18 Å². The van der Waals surface area contributed by atoms with Crippen molar-refractivity contribution in [3.05, 3.63) is 59.7 Å². The fraction of sp³-hybridized carbons (Fsp3) is 0.263. The Labute approximate surface area is 153 Å². The number of anilines is 1. The molecule has 1 aliphatic rings. The van der Waals surface area contributed by atoms with Crippen LogP contribution in [0.5, 0.6) is 5.75 Å². The van der Waals surface area contributed by atoms with E-state index < -0.39 is 18.6 Å². The summed E-state index contributed by atoms with van der Waals surface area (Å²) in [7, 11) is 0. The van der Waals surface area contributed by atoms with Gasteiger partial charge in [0, 0.05) is 11.3 Å². The molecule has 0 aromatic heterocycles. The number of ether oxygens (including phenoxy) is 1. The van der Waals surface area contributed by atoms with Crippen molar-refractivity contribution in [1.82, 2.24) is 5.32 Å². The first-order valence-corrected chi connectivity index (χ1v) is 8.28. The molecule has 0 saturated carbocycles. The van der Waals surface area contributed by atoms with E-state index in [2.05, 4.69) is 5.32 Å². The lowest BCUT2D eigenvalue weighted by Gasteiger charge is -2.24. The molecule has 0 fully saturated rings. The number of halogens is 3. The summed E-state index contributed by atoms with van der Waals surface area (Å²) in [6.45, 7) is -1.13. The van der Waals surface area contributed by atoms with Crippen molar-refractivity contribution in [2.24, 2.45) is 5.92 Å². The number of nitrogens with one attached hydrogen (secondary N) is 2. The van der Waals surface area contributed by atoms with Gasteiger partial charge in [-0.05, 0) is 42.3 Å². The normalized spacial score (nSPS) is 16.0. The largest absolute Gasteiger partial charge is 0.492 e. The van der Waals surface area contributed by atoms with Crippen LogP contribution < -0.4 is 15.4 Å². The molecule has 3 rings (SSSR count). The molecule has 0 spiro atoms. The van der Waals surface area contributed by atoms with Crippen LogP contribution >= 0.6 is 0 Å². The molecular formula is C19H17F3N2O3. The van der Waals surface area contributed by atoms with Gasteiger partial charge in [-0.2, -0.15) is 13.2 Å². The zero-order valence-corrected chi connectivity index (χ0v) is 14.2. The molecule has 2 N–H and O–H groups in total. The fourth-order valence-electron chi connectivity index (χ4n) is 2.73. The molecule has 27 heavy (non-hydrogen) atoms. The van der Waals surface area contributed by atoms with Gasteiger partial charge in [0.1, 0.15) is 18.9 Å². The number of fused-ring (bicyclic) bond motifs is 1. The lowest BCUT2D eigenvalue weighted by atomic mass is 9.96. The Morgan fingerprint density at radius 2 is 1.78 bits per heavy atom. The molecule has 142 valence electrons. The van der Waals surface area contributed by atoms with Crippen LogP contribution in [0.1, 0.15) is 15.9 Å². The van der Waals surface area contributed by atoms with Crippen LogP contribution in [0.3, 0.4) is 0 Å². The Morgan fingerprint density at radius 3 is 2.48 bits per heavy atom. The molecule has 0 bridgehead atoms. The highest BCUT2D eigenvalue weighted by Crippen LogP contribution is 2.27. The minimum Gasteiger partial charge on any atom is -0.492 e. The third-order valence-corrected chi connectivity index (χ3v) is 4.11. The number of rotatable bonds is 4. The number of benzene rings is 2. The average molecular weight is 378 g/mol. The summed E-state index contributed by atoms with van der Waals surface area (Å²) in [5.74, 6) is -0.633. The van der Waals surface area contributed by atoms with E-state index in [1.54, 1.807) is 5.32 Å². The Bertz CT molecular complexity index is 835. The molecule has 1 atom stereocenters. The Morgan fingerprint density at radius 1 is 1.07 bits per heavy atom. The maximum Gasteiger partial charge on any atom is 0.405 e. The topological polar surface area (TPSA) is 67.4 Å². The summed E-state index contributed by atoms with van der Waals surface area (Å²) >= 11 is 0. The standard InChI is InChI=1S/C19H17F3N2O3/c20-19(21,22)11-23-17(25)12-5-7-15(8-6-12)24-18(26)14-9-13-3-1-2-4-16(13)27-10-14/h1-8,14H,9-11H2,(H,23,25)(H,24,26). The number of hydrogen-bond acceptors (Lipinski definition) is 3. The highest BCUT2D eigenvalue weighted by Gasteiger charge is 2.28. The van der Waals surface area contributed by atoms with Crippen LogP contribution in [0.4, 0.5) is 18.9 Å². The number of alkyl halides is 3. The number of para-hydroxylation sites is 1. The highest BCUT2D eigenvalue weighted by atomic mass is 19.4. The average Bonchev–Trinajstić information content (AvgIpc) is 2.65. The number of carbonyl (C=O) groups is 2. The van der Waals surface area contributed by atoms with Crippen molar-refractivity contribution >= 4 is 17.5 Å². The molecule has 1 heterocycles. The first kappa shape index (κ1) is 18.8. The van der Waals surface area contributed by atoms with E-state index in [0.29, 0.717) is 12.1 Å². The summed E-state index contributed by atoms with van der Waals surface area (Å²) in [6.07, 6.45) is -3.91. The van der Waals surface area contributed by atoms with Crippen molar-refractivity contribution in [3.8, 4) is 5.75 Å². The van der Waals surface area contributed by atoms with Gasteiger partial charge in [0.25, 0.3) is 5.91 Å². The molecule has 2 amide bonds. The van der Waals surface area contributed by atoms with E-state index in [9.17, 15) is 22.8 Å². The van der Waals surface area contributed by atoms with Crippen LogP contribution in [0.15, 0.2) is 48.5 Å². The van der Waals surface area contributed by atoms with E-state index >= 15 is 0 Å². The van der Waals surface area contributed by atoms with E-state index in [0.717, 1.165) is 11.3 Å². The van der Waals surface area contributed by atoms with Crippen LogP contribution in [0.2, 0.25) is 0 Å².